The zero-order chi connectivity index (χ0) is 12.6. The Labute approximate surface area is 111 Å². The minimum atomic E-state index is 0.435. The average molecular weight is 293 g/mol. The van der Waals surface area contributed by atoms with Gasteiger partial charge in [0, 0.05) is 28.3 Å². The number of nitrogens with one attached hydrogen (secondary N) is 1. The molecular formula is C14H17BrN2. The fourth-order valence-corrected chi connectivity index (χ4v) is 2.25. The van der Waals surface area contributed by atoms with Crippen LogP contribution >= 0.6 is 15.9 Å². The number of hydrogen-bond acceptors (Lipinski definition) is 2. The van der Waals surface area contributed by atoms with Crippen LogP contribution < -0.4 is 5.32 Å². The molecule has 17 heavy (non-hydrogen) atoms. The third-order valence-electron chi connectivity index (χ3n) is 3.05. The Morgan fingerprint density at radius 1 is 1.29 bits per heavy atom. The number of pyridine rings is 1. The molecule has 0 aliphatic heterocycles. The summed E-state index contributed by atoms with van der Waals surface area (Å²) in [6.45, 7) is 6.44. The first kappa shape index (κ1) is 12.4. The van der Waals surface area contributed by atoms with Gasteiger partial charge in [-0.1, -0.05) is 29.8 Å². The fraction of sp³-hybridized carbons (Fsp3) is 0.357. The SMILES string of the molecule is CNc1cc(C(C)C)nc2c(C)c(Br)ccc12. The van der Waals surface area contributed by atoms with E-state index in [1.54, 1.807) is 0 Å². The van der Waals surface area contributed by atoms with Gasteiger partial charge in [-0.05, 0) is 36.6 Å². The second-order valence-corrected chi connectivity index (χ2v) is 5.42. The van der Waals surface area contributed by atoms with Crippen LogP contribution in [0.5, 0.6) is 0 Å². The lowest BCUT2D eigenvalue weighted by Crippen LogP contribution is -1.99. The van der Waals surface area contributed by atoms with Gasteiger partial charge in [0.15, 0.2) is 0 Å². The molecule has 2 rings (SSSR count). The van der Waals surface area contributed by atoms with Crippen LogP contribution in [0, 0.1) is 6.92 Å². The van der Waals surface area contributed by atoms with Gasteiger partial charge in [-0.2, -0.15) is 0 Å². The maximum atomic E-state index is 4.77. The number of hydrogen-bond donors (Lipinski definition) is 1. The van der Waals surface area contributed by atoms with E-state index in [0.717, 1.165) is 21.4 Å². The highest BCUT2D eigenvalue weighted by Crippen LogP contribution is 2.31. The molecule has 0 saturated carbocycles. The van der Waals surface area contributed by atoms with Gasteiger partial charge in [-0.3, -0.25) is 4.98 Å². The molecule has 1 aromatic heterocycles. The number of fused-ring (bicyclic) bond motifs is 1. The molecule has 0 atom stereocenters. The van der Waals surface area contributed by atoms with E-state index in [2.05, 4.69) is 60.2 Å². The molecular weight excluding hydrogens is 276 g/mol. The summed E-state index contributed by atoms with van der Waals surface area (Å²) < 4.78 is 1.11. The number of aryl methyl sites for hydroxylation is 1. The van der Waals surface area contributed by atoms with E-state index < -0.39 is 0 Å². The average Bonchev–Trinajstić information content (AvgIpc) is 2.32. The first-order chi connectivity index (χ1) is 8.04. The van der Waals surface area contributed by atoms with Gasteiger partial charge in [-0.15, -0.1) is 0 Å². The van der Waals surface area contributed by atoms with Crippen LogP contribution in [0.15, 0.2) is 22.7 Å². The van der Waals surface area contributed by atoms with Crippen LogP contribution in [0.25, 0.3) is 10.9 Å². The summed E-state index contributed by atoms with van der Waals surface area (Å²) in [5.74, 6) is 0.435. The summed E-state index contributed by atoms with van der Waals surface area (Å²) in [5.41, 5.74) is 4.55. The third kappa shape index (κ3) is 2.16. The van der Waals surface area contributed by atoms with Crippen LogP contribution in [-0.4, -0.2) is 12.0 Å². The Morgan fingerprint density at radius 3 is 2.59 bits per heavy atom. The summed E-state index contributed by atoms with van der Waals surface area (Å²) in [7, 11) is 1.95. The van der Waals surface area contributed by atoms with Crippen molar-refractivity contribution >= 4 is 32.5 Å². The Morgan fingerprint density at radius 2 is 2.00 bits per heavy atom. The maximum Gasteiger partial charge on any atom is 0.0766 e. The number of rotatable bonds is 2. The van der Waals surface area contributed by atoms with Crippen molar-refractivity contribution in [2.45, 2.75) is 26.7 Å². The van der Waals surface area contributed by atoms with Crippen LogP contribution in [0.1, 0.15) is 31.0 Å². The van der Waals surface area contributed by atoms with E-state index >= 15 is 0 Å². The quantitative estimate of drug-likeness (QED) is 0.883. The fourth-order valence-electron chi connectivity index (χ4n) is 1.93. The molecule has 2 nitrogen and oxygen atoms in total. The topological polar surface area (TPSA) is 24.9 Å². The second-order valence-electron chi connectivity index (χ2n) is 4.57. The standard InChI is InChI=1S/C14H17BrN2/c1-8(2)12-7-13(16-4)10-5-6-11(15)9(3)14(10)17-12/h5-8H,1-4H3,(H,16,17). The molecule has 1 heterocycles. The number of anilines is 1. The minimum absolute atomic E-state index is 0.435. The monoisotopic (exact) mass is 292 g/mol. The summed E-state index contributed by atoms with van der Waals surface area (Å²) in [4.78, 5) is 4.77. The molecule has 1 N–H and O–H groups in total. The van der Waals surface area contributed by atoms with Crippen molar-refractivity contribution < 1.29 is 0 Å². The largest absolute Gasteiger partial charge is 0.388 e. The van der Waals surface area contributed by atoms with Gasteiger partial charge >= 0.3 is 0 Å². The molecule has 3 heteroatoms. The Balaban J connectivity index is 2.83. The molecule has 0 fully saturated rings. The zero-order valence-corrected chi connectivity index (χ0v) is 12.2. The van der Waals surface area contributed by atoms with Crippen molar-refractivity contribution in [3.05, 3.63) is 33.9 Å². The summed E-state index contributed by atoms with van der Waals surface area (Å²) in [6.07, 6.45) is 0. The summed E-state index contributed by atoms with van der Waals surface area (Å²) in [6, 6.07) is 6.32. The molecule has 0 amide bonds. The van der Waals surface area contributed by atoms with Gasteiger partial charge in [-0.25, -0.2) is 0 Å². The first-order valence-corrected chi connectivity index (χ1v) is 6.61. The lowest BCUT2D eigenvalue weighted by molar-refractivity contribution is 0.830. The van der Waals surface area contributed by atoms with Crippen LogP contribution in [0.4, 0.5) is 5.69 Å². The van der Waals surface area contributed by atoms with Gasteiger partial charge in [0.25, 0.3) is 0 Å². The highest BCUT2D eigenvalue weighted by Gasteiger charge is 2.10. The third-order valence-corrected chi connectivity index (χ3v) is 3.91. The van der Waals surface area contributed by atoms with Crippen molar-refractivity contribution in [1.82, 2.24) is 4.98 Å². The van der Waals surface area contributed by atoms with Crippen molar-refractivity contribution in [2.24, 2.45) is 0 Å². The molecule has 0 bridgehead atoms. The predicted octanol–water partition coefficient (Wildman–Crippen LogP) is 4.47. The Bertz CT molecular complexity index is 562. The maximum absolute atomic E-state index is 4.77. The van der Waals surface area contributed by atoms with E-state index in [4.69, 9.17) is 4.98 Å². The highest BCUT2D eigenvalue weighted by molar-refractivity contribution is 9.10. The predicted molar refractivity (Wildman–Crippen MR) is 77.8 cm³/mol. The highest BCUT2D eigenvalue weighted by atomic mass is 79.9. The Kier molecular flexibility index (Phi) is 3.38. The van der Waals surface area contributed by atoms with E-state index in [0.29, 0.717) is 5.92 Å². The number of halogens is 1. The molecule has 1 aromatic carbocycles. The van der Waals surface area contributed by atoms with Gasteiger partial charge in [0.2, 0.25) is 0 Å². The van der Waals surface area contributed by atoms with Crippen molar-refractivity contribution in [3.8, 4) is 0 Å². The van der Waals surface area contributed by atoms with Gasteiger partial charge in [0.05, 0.1) is 5.52 Å². The number of nitrogens with zero attached hydrogens (tertiary/aromatic N) is 1. The van der Waals surface area contributed by atoms with Crippen molar-refractivity contribution in [3.63, 3.8) is 0 Å². The lowest BCUT2D eigenvalue weighted by Gasteiger charge is -2.13. The molecule has 0 unspecified atom stereocenters. The first-order valence-electron chi connectivity index (χ1n) is 5.82. The van der Waals surface area contributed by atoms with E-state index in [1.165, 1.54) is 10.9 Å². The molecule has 0 aliphatic rings. The Hall–Kier alpha value is -1.09. The van der Waals surface area contributed by atoms with E-state index in [-0.39, 0.29) is 0 Å². The molecule has 0 aliphatic carbocycles. The number of aromatic nitrogens is 1. The summed E-state index contributed by atoms with van der Waals surface area (Å²) in [5, 5.41) is 4.43. The lowest BCUT2D eigenvalue weighted by atomic mass is 10.0. The molecule has 90 valence electrons. The van der Waals surface area contributed by atoms with Crippen molar-refractivity contribution in [2.75, 3.05) is 12.4 Å². The van der Waals surface area contributed by atoms with Crippen molar-refractivity contribution in [1.29, 1.82) is 0 Å². The number of benzene rings is 1. The van der Waals surface area contributed by atoms with Gasteiger partial charge in [0.1, 0.15) is 0 Å². The van der Waals surface area contributed by atoms with Crippen LogP contribution in [0.3, 0.4) is 0 Å². The van der Waals surface area contributed by atoms with E-state index in [1.807, 2.05) is 7.05 Å². The molecule has 0 radical (unpaired) electrons. The van der Waals surface area contributed by atoms with E-state index in [9.17, 15) is 0 Å². The normalized spacial score (nSPS) is 11.2. The second kappa shape index (κ2) is 4.65. The van der Waals surface area contributed by atoms with Crippen LogP contribution in [-0.2, 0) is 0 Å². The van der Waals surface area contributed by atoms with Gasteiger partial charge < -0.3 is 5.32 Å². The summed E-state index contributed by atoms with van der Waals surface area (Å²) >= 11 is 3.56. The molecule has 2 aromatic rings. The minimum Gasteiger partial charge on any atom is -0.388 e. The zero-order valence-electron chi connectivity index (χ0n) is 10.6. The smallest absolute Gasteiger partial charge is 0.0766 e. The molecule has 0 spiro atoms. The van der Waals surface area contributed by atoms with Crippen LogP contribution in [0.2, 0.25) is 0 Å². The molecule has 0 saturated heterocycles.